The molecule has 2 aromatic carbocycles. The van der Waals surface area contributed by atoms with Crippen molar-refractivity contribution in [1.29, 1.82) is 0 Å². The third kappa shape index (κ3) is 8.08. The van der Waals surface area contributed by atoms with Gasteiger partial charge in [-0.25, -0.2) is 9.59 Å². The number of amides is 1. The Morgan fingerprint density at radius 2 is 1.61 bits per heavy atom. The number of carboxylic acids is 2. The van der Waals surface area contributed by atoms with E-state index in [-0.39, 0.29) is 6.79 Å². The smallest absolute Gasteiger partial charge is 0.328 e. The number of benzene rings is 2. The number of anilines is 1. The first-order valence-electron chi connectivity index (χ1n) is 8.33. The van der Waals surface area contributed by atoms with Crippen molar-refractivity contribution in [2.24, 2.45) is 0 Å². The number of ether oxygens (including phenoxy) is 2. The molecule has 162 valence electrons. The predicted molar refractivity (Wildman–Crippen MR) is 121 cm³/mol. The summed E-state index contributed by atoms with van der Waals surface area (Å²) in [6, 6.07) is 8.43. The van der Waals surface area contributed by atoms with Gasteiger partial charge in [-0.2, -0.15) is 0 Å². The van der Waals surface area contributed by atoms with Crippen LogP contribution in [0, 0.1) is 0 Å². The molecule has 0 saturated heterocycles. The molecule has 3 rings (SSSR count). The number of aliphatic carboxylic acids is 2. The van der Waals surface area contributed by atoms with Crippen molar-refractivity contribution in [1.82, 2.24) is 0 Å². The van der Waals surface area contributed by atoms with E-state index in [0.717, 1.165) is 32.7 Å². The van der Waals surface area contributed by atoms with Crippen LogP contribution in [-0.4, -0.2) is 34.9 Å². The van der Waals surface area contributed by atoms with Gasteiger partial charge in [0.25, 0.3) is 0 Å². The zero-order chi connectivity index (χ0) is 23.0. The topological polar surface area (TPSA) is 122 Å². The Hall–Kier alpha value is -2.82. The Kier molecular flexibility index (Phi) is 9.10. The summed E-state index contributed by atoms with van der Waals surface area (Å²) in [7, 11) is 0. The molecule has 0 bridgehead atoms. The van der Waals surface area contributed by atoms with Crippen LogP contribution in [0.5, 0.6) is 11.5 Å². The van der Waals surface area contributed by atoms with Gasteiger partial charge in [-0.05, 0) is 42.0 Å². The number of carbonyl (C=O) groups is 3. The number of halogens is 3. The van der Waals surface area contributed by atoms with Crippen molar-refractivity contribution in [3.8, 4) is 11.5 Å². The Balaban J connectivity index is 0.000000220. The van der Waals surface area contributed by atoms with Gasteiger partial charge in [-0.1, -0.05) is 43.5 Å². The van der Waals surface area contributed by atoms with E-state index in [2.05, 4.69) is 37.2 Å². The Bertz CT molecular complexity index is 1070. The summed E-state index contributed by atoms with van der Waals surface area (Å²) in [5.41, 5.74) is 1.16. The van der Waals surface area contributed by atoms with Crippen molar-refractivity contribution in [2.75, 3.05) is 12.1 Å². The molecule has 1 aliphatic rings. The fraction of sp³-hybridized carbons (Fsp3) is 0.0500. The lowest BCUT2D eigenvalue weighted by Crippen LogP contribution is -2.08. The molecule has 0 fully saturated rings. The quantitative estimate of drug-likeness (QED) is 0.431. The lowest BCUT2D eigenvalue weighted by Gasteiger charge is -2.04. The number of fused-ring (bicyclic) bond motifs is 1. The van der Waals surface area contributed by atoms with E-state index in [1.807, 2.05) is 0 Å². The van der Waals surface area contributed by atoms with Gasteiger partial charge in [0, 0.05) is 27.2 Å². The molecule has 0 spiro atoms. The largest absolute Gasteiger partial charge is 0.478 e. The van der Waals surface area contributed by atoms with Crippen LogP contribution in [0.15, 0.2) is 57.5 Å². The minimum Gasteiger partial charge on any atom is -0.478 e. The van der Waals surface area contributed by atoms with Gasteiger partial charge in [-0.15, -0.1) is 0 Å². The highest BCUT2D eigenvalue weighted by molar-refractivity contribution is 9.10. The standard InChI is InChI=1S/C10H7BrClNO3.C10H7BrO4/c11-6-1-2-8(7(12)5-6)13-9(14)3-4-10(15)16;11-7-4-9-8(14-5-15-9)3-6(7)1-2-10(12)13/h1-5H,(H,13,14)(H,15,16);1-4H,5H2,(H,12,13)/b4-3-;. The zero-order valence-electron chi connectivity index (χ0n) is 15.5. The maximum absolute atomic E-state index is 11.2. The highest BCUT2D eigenvalue weighted by Gasteiger charge is 2.15. The minimum atomic E-state index is -1.18. The van der Waals surface area contributed by atoms with Crippen LogP contribution in [0.3, 0.4) is 0 Å². The first-order chi connectivity index (χ1) is 14.7. The highest BCUT2D eigenvalue weighted by Crippen LogP contribution is 2.37. The normalized spacial score (nSPS) is 11.8. The van der Waals surface area contributed by atoms with Gasteiger partial charge in [0.2, 0.25) is 12.7 Å². The molecule has 11 heteroatoms. The van der Waals surface area contributed by atoms with E-state index in [1.54, 1.807) is 30.3 Å². The Morgan fingerprint density at radius 1 is 0.968 bits per heavy atom. The number of nitrogens with one attached hydrogen (secondary N) is 1. The van der Waals surface area contributed by atoms with E-state index in [1.165, 1.54) is 6.08 Å². The molecule has 1 aliphatic heterocycles. The fourth-order valence-electron chi connectivity index (χ4n) is 2.13. The predicted octanol–water partition coefficient (Wildman–Crippen LogP) is 4.96. The van der Waals surface area contributed by atoms with Crippen molar-refractivity contribution < 1.29 is 34.1 Å². The average molecular weight is 576 g/mol. The second-order valence-corrected chi connectivity index (χ2v) is 7.86. The van der Waals surface area contributed by atoms with Crippen molar-refractivity contribution in [3.63, 3.8) is 0 Å². The van der Waals surface area contributed by atoms with Crippen LogP contribution < -0.4 is 14.8 Å². The molecule has 0 aliphatic carbocycles. The molecule has 3 N–H and O–H groups in total. The maximum Gasteiger partial charge on any atom is 0.328 e. The third-order valence-corrected chi connectivity index (χ3v) is 4.96. The summed E-state index contributed by atoms with van der Waals surface area (Å²) in [4.78, 5) is 31.8. The van der Waals surface area contributed by atoms with Gasteiger partial charge in [-0.3, -0.25) is 4.79 Å². The van der Waals surface area contributed by atoms with Crippen molar-refractivity contribution in [2.45, 2.75) is 0 Å². The summed E-state index contributed by atoms with van der Waals surface area (Å²) in [5.74, 6) is -1.43. The van der Waals surface area contributed by atoms with Crippen molar-refractivity contribution in [3.05, 3.63) is 68.1 Å². The average Bonchev–Trinajstić information content (AvgIpc) is 3.14. The molecular weight excluding hydrogens is 561 g/mol. The molecule has 0 saturated carbocycles. The zero-order valence-corrected chi connectivity index (χ0v) is 19.4. The molecule has 0 unspecified atom stereocenters. The van der Waals surface area contributed by atoms with Crippen molar-refractivity contribution >= 4 is 73.1 Å². The molecule has 8 nitrogen and oxygen atoms in total. The van der Waals surface area contributed by atoms with E-state index in [9.17, 15) is 14.4 Å². The summed E-state index contributed by atoms with van der Waals surface area (Å²) >= 11 is 12.4. The molecular formula is C20H14Br2ClNO7. The van der Waals surface area contributed by atoms with E-state index < -0.39 is 17.8 Å². The minimum absolute atomic E-state index is 0.202. The summed E-state index contributed by atoms with van der Waals surface area (Å²) < 4.78 is 11.9. The van der Waals surface area contributed by atoms with Crippen LogP contribution in [-0.2, 0) is 14.4 Å². The van der Waals surface area contributed by atoms with Gasteiger partial charge < -0.3 is 25.0 Å². The second-order valence-electron chi connectivity index (χ2n) is 5.68. The number of hydrogen-bond acceptors (Lipinski definition) is 5. The van der Waals surface area contributed by atoms with Crippen LogP contribution in [0.1, 0.15) is 5.56 Å². The third-order valence-electron chi connectivity index (χ3n) is 3.46. The molecule has 1 heterocycles. The lowest BCUT2D eigenvalue weighted by molar-refractivity contribution is -0.132. The molecule has 31 heavy (non-hydrogen) atoms. The van der Waals surface area contributed by atoms with Gasteiger partial charge >= 0.3 is 11.9 Å². The number of carbonyl (C=O) groups excluding carboxylic acids is 1. The van der Waals surface area contributed by atoms with Gasteiger partial charge in [0.05, 0.1) is 10.7 Å². The first kappa shape index (κ1) is 24.4. The van der Waals surface area contributed by atoms with Gasteiger partial charge in [0.15, 0.2) is 11.5 Å². The molecule has 1 amide bonds. The van der Waals surface area contributed by atoms with E-state index >= 15 is 0 Å². The van der Waals surface area contributed by atoms with E-state index in [4.69, 9.17) is 31.3 Å². The monoisotopic (exact) mass is 573 g/mol. The molecule has 0 radical (unpaired) electrons. The van der Waals surface area contributed by atoms with E-state index in [0.29, 0.717) is 22.2 Å². The number of hydrogen-bond donors (Lipinski definition) is 3. The first-order valence-corrected chi connectivity index (χ1v) is 10.3. The molecule has 0 atom stereocenters. The second kappa shape index (κ2) is 11.5. The van der Waals surface area contributed by atoms with Crippen LogP contribution >= 0.6 is 43.5 Å². The number of rotatable bonds is 5. The number of carboxylic acid groups (broad SMARTS) is 2. The molecule has 0 aromatic heterocycles. The van der Waals surface area contributed by atoms with Crippen LogP contribution in [0.25, 0.3) is 6.08 Å². The maximum atomic E-state index is 11.2. The Morgan fingerprint density at radius 3 is 2.23 bits per heavy atom. The lowest BCUT2D eigenvalue weighted by atomic mass is 10.2. The highest BCUT2D eigenvalue weighted by atomic mass is 79.9. The van der Waals surface area contributed by atoms with Gasteiger partial charge in [0.1, 0.15) is 0 Å². The summed E-state index contributed by atoms with van der Waals surface area (Å²) in [5, 5.41) is 19.6. The van der Waals surface area contributed by atoms with Crippen LogP contribution in [0.4, 0.5) is 5.69 Å². The van der Waals surface area contributed by atoms with Crippen LogP contribution in [0.2, 0.25) is 5.02 Å². The SMILES string of the molecule is O=C(O)/C=C\C(=O)Nc1ccc(Br)cc1Cl.O=C(O)C=Cc1cc2c(cc1Br)OCO2. The summed E-state index contributed by atoms with van der Waals surface area (Å²) in [6.45, 7) is 0.202. The Labute approximate surface area is 198 Å². The fourth-order valence-corrected chi connectivity index (χ4v) is 3.31. The summed E-state index contributed by atoms with van der Waals surface area (Å²) in [6.07, 6.45) is 4.24. The molecule has 2 aromatic rings.